The van der Waals surface area contributed by atoms with Crippen molar-refractivity contribution in [2.24, 2.45) is 0 Å². The van der Waals surface area contributed by atoms with E-state index in [1.807, 2.05) is 0 Å². The number of rotatable bonds is 8. The van der Waals surface area contributed by atoms with Gasteiger partial charge in [-0.05, 0) is 101 Å². The second kappa shape index (κ2) is 13.3. The molecule has 1 aliphatic heterocycles. The van der Waals surface area contributed by atoms with Crippen molar-refractivity contribution in [1.29, 1.82) is 0 Å². The third kappa shape index (κ3) is 6.29. The molecule has 0 saturated carbocycles. The molecule has 0 aromatic heterocycles. The van der Waals surface area contributed by atoms with Crippen LogP contribution in [0.5, 0.6) is 0 Å². The minimum atomic E-state index is 0.917. The number of benzene rings is 7. The van der Waals surface area contributed by atoms with Gasteiger partial charge in [-0.1, -0.05) is 133 Å². The molecule has 1 heterocycles. The maximum absolute atomic E-state index is 3.60. The van der Waals surface area contributed by atoms with Gasteiger partial charge in [0.2, 0.25) is 0 Å². The van der Waals surface area contributed by atoms with Gasteiger partial charge in [-0.3, -0.25) is 0 Å². The summed E-state index contributed by atoms with van der Waals surface area (Å²) in [5.41, 5.74) is 15.7. The largest absolute Gasteiger partial charge is 0.355 e. The van der Waals surface area contributed by atoms with Crippen LogP contribution in [0.3, 0.4) is 0 Å². The average molecular weight is 617 g/mol. The average Bonchev–Trinajstić information content (AvgIpc) is 3.14. The topological polar surface area (TPSA) is 15.3 Å². The molecule has 0 saturated heterocycles. The van der Waals surface area contributed by atoms with Gasteiger partial charge in [-0.25, -0.2) is 0 Å². The molecule has 48 heavy (non-hydrogen) atoms. The van der Waals surface area contributed by atoms with Crippen molar-refractivity contribution in [3.05, 3.63) is 221 Å². The molecular weight excluding hydrogens is 581 g/mol. The molecule has 0 aliphatic carbocycles. The molecule has 0 spiro atoms. The van der Waals surface area contributed by atoms with E-state index in [2.05, 4.69) is 198 Å². The van der Waals surface area contributed by atoms with Crippen LogP contribution < -0.4 is 10.2 Å². The van der Waals surface area contributed by atoms with Gasteiger partial charge in [0, 0.05) is 39.6 Å². The molecule has 0 unspecified atom stereocenters. The molecule has 0 radical (unpaired) electrons. The van der Waals surface area contributed by atoms with Gasteiger partial charge >= 0.3 is 0 Å². The Hall–Kier alpha value is -6.12. The van der Waals surface area contributed by atoms with Gasteiger partial charge in [-0.15, -0.1) is 0 Å². The van der Waals surface area contributed by atoms with Crippen molar-refractivity contribution in [1.82, 2.24) is 0 Å². The predicted octanol–water partition coefficient (Wildman–Crippen LogP) is 12.0. The molecule has 2 heteroatoms. The van der Waals surface area contributed by atoms with E-state index in [4.69, 9.17) is 0 Å². The molecule has 0 fully saturated rings. The van der Waals surface area contributed by atoms with Crippen LogP contribution in [0.25, 0.3) is 11.6 Å². The van der Waals surface area contributed by atoms with Crippen LogP contribution in [0, 0.1) is 0 Å². The van der Waals surface area contributed by atoms with E-state index in [9.17, 15) is 0 Å². The fourth-order valence-corrected chi connectivity index (χ4v) is 6.62. The minimum Gasteiger partial charge on any atom is -0.355 e. The molecule has 1 N–H and O–H groups in total. The second-order valence-electron chi connectivity index (χ2n) is 12.4. The van der Waals surface area contributed by atoms with Crippen LogP contribution in [0.1, 0.15) is 38.9 Å². The molecule has 0 amide bonds. The standard InChI is InChI=1S/C46H36N2/c1-3-11-34(12-4-1)31-36-19-25-39(26-20-36)48(40-27-21-37(22-28-40)32-35-13-5-2-6-14-35)41-29-23-38(24-30-41)33-44-42-15-7-9-17-45(42)47-46-18-10-8-16-43(44)46/h1-30,33,47H,31-32H2. The first-order chi connectivity index (χ1) is 23.8. The van der Waals surface area contributed by atoms with Crippen LogP contribution in [0.4, 0.5) is 28.4 Å². The first kappa shape index (κ1) is 29.3. The highest BCUT2D eigenvalue weighted by molar-refractivity contribution is 6.03. The lowest BCUT2D eigenvalue weighted by Gasteiger charge is -2.26. The first-order valence-electron chi connectivity index (χ1n) is 16.6. The van der Waals surface area contributed by atoms with Crippen LogP contribution in [0.2, 0.25) is 0 Å². The van der Waals surface area contributed by atoms with E-state index in [-0.39, 0.29) is 0 Å². The lowest BCUT2D eigenvalue weighted by molar-refractivity contribution is 1.17. The van der Waals surface area contributed by atoms with Crippen LogP contribution in [0.15, 0.2) is 182 Å². The lowest BCUT2D eigenvalue weighted by atomic mass is 9.90. The van der Waals surface area contributed by atoms with Crippen molar-refractivity contribution < 1.29 is 0 Å². The number of nitrogens with one attached hydrogen (secondary N) is 1. The monoisotopic (exact) mass is 616 g/mol. The van der Waals surface area contributed by atoms with Crippen LogP contribution in [-0.2, 0) is 12.8 Å². The maximum Gasteiger partial charge on any atom is 0.0464 e. The van der Waals surface area contributed by atoms with Gasteiger partial charge in [0.15, 0.2) is 0 Å². The number of hydrogen-bond donors (Lipinski definition) is 1. The summed E-state index contributed by atoms with van der Waals surface area (Å²) < 4.78 is 0. The molecule has 230 valence electrons. The van der Waals surface area contributed by atoms with Crippen molar-refractivity contribution in [3.63, 3.8) is 0 Å². The molecular formula is C46H36N2. The van der Waals surface area contributed by atoms with Gasteiger partial charge in [-0.2, -0.15) is 0 Å². The van der Waals surface area contributed by atoms with Gasteiger partial charge < -0.3 is 10.2 Å². The Morgan fingerprint density at radius 1 is 0.375 bits per heavy atom. The lowest BCUT2D eigenvalue weighted by Crippen LogP contribution is -2.10. The Bertz CT molecular complexity index is 2030. The summed E-state index contributed by atoms with van der Waals surface area (Å²) in [4.78, 5) is 2.35. The summed E-state index contributed by atoms with van der Waals surface area (Å²) in [6.45, 7) is 0. The summed E-state index contributed by atoms with van der Waals surface area (Å²) in [6.07, 6.45) is 4.14. The van der Waals surface area contributed by atoms with E-state index in [1.165, 1.54) is 39.0 Å². The molecule has 0 atom stereocenters. The number of nitrogens with zero attached hydrogens (tertiary/aromatic N) is 1. The highest BCUT2D eigenvalue weighted by atomic mass is 15.1. The summed E-state index contributed by atoms with van der Waals surface area (Å²) in [5, 5.41) is 3.60. The van der Waals surface area contributed by atoms with Crippen molar-refractivity contribution in [2.75, 3.05) is 10.2 Å². The summed E-state index contributed by atoms with van der Waals surface area (Å²) >= 11 is 0. The molecule has 8 rings (SSSR count). The quantitative estimate of drug-likeness (QED) is 0.183. The third-order valence-electron chi connectivity index (χ3n) is 9.06. The fraction of sp³-hybridized carbons (Fsp3) is 0.0435. The number of hydrogen-bond acceptors (Lipinski definition) is 2. The number of fused-ring (bicyclic) bond motifs is 2. The maximum atomic E-state index is 3.60. The van der Waals surface area contributed by atoms with E-state index in [0.29, 0.717) is 0 Å². The third-order valence-corrected chi connectivity index (χ3v) is 9.06. The van der Waals surface area contributed by atoms with Crippen LogP contribution >= 0.6 is 0 Å². The van der Waals surface area contributed by atoms with Gasteiger partial charge in [0.05, 0.1) is 0 Å². The van der Waals surface area contributed by atoms with Crippen molar-refractivity contribution >= 4 is 40.1 Å². The zero-order valence-electron chi connectivity index (χ0n) is 26.8. The Kier molecular flexibility index (Phi) is 8.13. The van der Waals surface area contributed by atoms with Crippen molar-refractivity contribution in [2.45, 2.75) is 12.8 Å². The molecule has 7 aromatic carbocycles. The van der Waals surface area contributed by atoms with E-state index in [1.54, 1.807) is 0 Å². The fourth-order valence-electron chi connectivity index (χ4n) is 6.62. The summed E-state index contributed by atoms with van der Waals surface area (Å²) in [5.74, 6) is 0. The normalized spacial score (nSPS) is 11.6. The molecule has 1 aliphatic rings. The second-order valence-corrected chi connectivity index (χ2v) is 12.4. The SMILES string of the molecule is C(=C1c2ccccc2Nc2ccccc21)c1ccc(N(c2ccc(Cc3ccccc3)cc2)c2ccc(Cc3ccccc3)cc2)cc1. The predicted molar refractivity (Wildman–Crippen MR) is 203 cm³/mol. The minimum absolute atomic E-state index is 0.917. The smallest absolute Gasteiger partial charge is 0.0464 e. The Morgan fingerprint density at radius 2 is 0.750 bits per heavy atom. The molecule has 0 bridgehead atoms. The molecule has 7 aromatic rings. The zero-order valence-corrected chi connectivity index (χ0v) is 26.8. The van der Waals surface area contributed by atoms with Crippen molar-refractivity contribution in [3.8, 4) is 0 Å². The zero-order chi connectivity index (χ0) is 32.1. The highest BCUT2D eigenvalue weighted by Crippen LogP contribution is 2.42. The van der Waals surface area contributed by atoms with E-state index >= 15 is 0 Å². The first-order valence-corrected chi connectivity index (χ1v) is 16.6. The summed E-state index contributed by atoms with van der Waals surface area (Å²) in [7, 11) is 0. The Morgan fingerprint density at radius 3 is 1.21 bits per heavy atom. The summed E-state index contributed by atoms with van der Waals surface area (Å²) in [6, 6.07) is 65.3. The van der Waals surface area contributed by atoms with Gasteiger partial charge in [0.25, 0.3) is 0 Å². The van der Waals surface area contributed by atoms with E-state index < -0.39 is 0 Å². The van der Waals surface area contributed by atoms with E-state index in [0.717, 1.165) is 46.8 Å². The number of anilines is 5. The van der Waals surface area contributed by atoms with Gasteiger partial charge in [0.1, 0.15) is 0 Å². The Balaban J connectivity index is 1.13. The Labute approximate surface area is 283 Å². The highest BCUT2D eigenvalue weighted by Gasteiger charge is 2.19. The van der Waals surface area contributed by atoms with Crippen LogP contribution in [-0.4, -0.2) is 0 Å². The number of para-hydroxylation sites is 2. The molecule has 2 nitrogen and oxygen atoms in total.